The van der Waals surface area contributed by atoms with Crippen LogP contribution in [0.2, 0.25) is 0 Å². The van der Waals surface area contributed by atoms with Crippen LogP contribution in [0.1, 0.15) is 11.1 Å². The van der Waals surface area contributed by atoms with Gasteiger partial charge in [0.05, 0.1) is 7.11 Å². The minimum Gasteiger partial charge on any atom is -0.493 e. The molecular formula is C23H26ClN3O4. The highest BCUT2D eigenvalue weighted by Crippen LogP contribution is 2.28. The third-order valence-corrected chi connectivity index (χ3v) is 4.39. The Kier molecular flexibility index (Phi) is 8.66. The maximum absolute atomic E-state index is 12.5. The fourth-order valence-electron chi connectivity index (χ4n) is 2.81. The number of aromatic amines is 2. The molecule has 0 amide bonds. The molecule has 31 heavy (non-hydrogen) atoms. The Balaban J connectivity index is 0.00000341. The van der Waals surface area contributed by atoms with Crippen molar-refractivity contribution in [1.82, 2.24) is 14.9 Å². The molecule has 2 N–H and O–H groups in total. The smallest absolute Gasteiger partial charge is 0.272 e. The summed E-state index contributed by atoms with van der Waals surface area (Å²) in [6.07, 6.45) is 3.23. The summed E-state index contributed by atoms with van der Waals surface area (Å²) in [6, 6.07) is 14.7. The zero-order chi connectivity index (χ0) is 21.5. The van der Waals surface area contributed by atoms with Crippen molar-refractivity contribution in [2.24, 2.45) is 0 Å². The average molecular weight is 444 g/mol. The molecular weight excluding hydrogens is 418 g/mol. The second kappa shape index (κ2) is 11.2. The van der Waals surface area contributed by atoms with Crippen molar-refractivity contribution in [3.63, 3.8) is 0 Å². The van der Waals surface area contributed by atoms with E-state index in [9.17, 15) is 9.59 Å². The van der Waals surface area contributed by atoms with E-state index in [0.29, 0.717) is 23.7 Å². The van der Waals surface area contributed by atoms with Crippen LogP contribution >= 0.6 is 12.4 Å². The highest BCUT2D eigenvalue weighted by atomic mass is 35.5. The van der Waals surface area contributed by atoms with Crippen LogP contribution in [0.4, 0.5) is 0 Å². The zero-order valence-corrected chi connectivity index (χ0v) is 18.5. The summed E-state index contributed by atoms with van der Waals surface area (Å²) >= 11 is 0. The van der Waals surface area contributed by atoms with Gasteiger partial charge in [-0.2, -0.15) is 0 Å². The summed E-state index contributed by atoms with van der Waals surface area (Å²) in [5, 5.41) is 0.360. The number of benzene rings is 2. The van der Waals surface area contributed by atoms with E-state index in [2.05, 4.69) is 9.97 Å². The molecule has 0 aliphatic heterocycles. The second-order valence-corrected chi connectivity index (χ2v) is 7.00. The molecule has 1 heterocycles. The van der Waals surface area contributed by atoms with Crippen molar-refractivity contribution >= 4 is 24.6 Å². The topological polar surface area (TPSA) is 87.4 Å². The number of H-pyrrole nitrogens is 2. The van der Waals surface area contributed by atoms with Crippen molar-refractivity contribution < 1.29 is 9.47 Å². The van der Waals surface area contributed by atoms with Crippen molar-refractivity contribution in [2.45, 2.75) is 0 Å². The van der Waals surface area contributed by atoms with E-state index in [0.717, 1.165) is 12.1 Å². The highest BCUT2D eigenvalue weighted by molar-refractivity contribution is 5.85. The van der Waals surface area contributed by atoms with Gasteiger partial charge < -0.3 is 24.3 Å². The summed E-state index contributed by atoms with van der Waals surface area (Å²) < 4.78 is 11.1. The monoisotopic (exact) mass is 443 g/mol. The summed E-state index contributed by atoms with van der Waals surface area (Å²) in [7, 11) is 5.50. The number of likely N-dealkylation sites (N-methyl/N-ethyl adjacent to an activating group) is 1. The van der Waals surface area contributed by atoms with E-state index < -0.39 is 0 Å². The van der Waals surface area contributed by atoms with Gasteiger partial charge in [-0.05, 0) is 49.5 Å². The minimum atomic E-state index is -0.387. The SMILES string of the molecule is COc1cc(/C=c2\[nH]c(=O)/c(=C/c3ccccc3)[nH]c2=O)ccc1OCCN(C)C.Cl. The van der Waals surface area contributed by atoms with Crippen LogP contribution in [0.5, 0.6) is 11.5 Å². The molecule has 0 bridgehead atoms. The standard InChI is InChI=1S/C23H25N3O4.ClH/c1-26(2)11-12-30-20-10-9-17(15-21(20)29-3)14-19-23(28)24-18(22(27)25-19)13-16-7-5-4-6-8-16;/h4-10,13-15H,11-12H2,1-3H3,(H,24,28)(H,25,27);1H/b18-13-,19-14-;. The third-order valence-electron chi connectivity index (χ3n) is 4.39. The predicted molar refractivity (Wildman–Crippen MR) is 125 cm³/mol. The van der Waals surface area contributed by atoms with Crippen molar-refractivity contribution in [3.05, 3.63) is 91.1 Å². The van der Waals surface area contributed by atoms with Crippen LogP contribution in [0.15, 0.2) is 58.1 Å². The summed E-state index contributed by atoms with van der Waals surface area (Å²) in [5.41, 5.74) is 0.764. The predicted octanol–water partition coefficient (Wildman–Crippen LogP) is 1.09. The number of rotatable bonds is 7. The van der Waals surface area contributed by atoms with Gasteiger partial charge in [0, 0.05) is 6.54 Å². The van der Waals surface area contributed by atoms with E-state index in [1.54, 1.807) is 37.5 Å². The molecule has 8 heteroatoms. The average Bonchev–Trinajstić information content (AvgIpc) is 2.73. The first-order valence-corrected chi connectivity index (χ1v) is 9.53. The number of aromatic nitrogens is 2. The molecule has 3 rings (SSSR count). The van der Waals surface area contributed by atoms with Gasteiger partial charge >= 0.3 is 0 Å². The van der Waals surface area contributed by atoms with E-state index in [1.807, 2.05) is 49.3 Å². The van der Waals surface area contributed by atoms with Gasteiger partial charge in [-0.25, -0.2) is 0 Å². The first-order valence-electron chi connectivity index (χ1n) is 9.53. The van der Waals surface area contributed by atoms with E-state index in [1.165, 1.54) is 0 Å². The van der Waals surface area contributed by atoms with Crippen LogP contribution in [-0.4, -0.2) is 49.2 Å². The molecule has 7 nitrogen and oxygen atoms in total. The van der Waals surface area contributed by atoms with Crippen LogP contribution in [-0.2, 0) is 0 Å². The van der Waals surface area contributed by atoms with Gasteiger partial charge in [0.15, 0.2) is 11.5 Å². The Bertz CT molecular complexity index is 1230. The summed E-state index contributed by atoms with van der Waals surface area (Å²) in [4.78, 5) is 32.2. The van der Waals surface area contributed by atoms with E-state index in [-0.39, 0.29) is 34.2 Å². The van der Waals surface area contributed by atoms with Crippen molar-refractivity contribution in [3.8, 4) is 11.5 Å². The van der Waals surface area contributed by atoms with Crippen LogP contribution in [0, 0.1) is 0 Å². The Hall–Kier alpha value is -3.29. The van der Waals surface area contributed by atoms with Crippen molar-refractivity contribution in [1.29, 1.82) is 0 Å². The first kappa shape index (κ1) is 24.0. The van der Waals surface area contributed by atoms with Gasteiger partial charge in [0.2, 0.25) is 0 Å². The quantitative estimate of drug-likeness (QED) is 0.571. The molecule has 0 unspecified atom stereocenters. The fourth-order valence-corrected chi connectivity index (χ4v) is 2.81. The molecule has 0 aliphatic carbocycles. The van der Waals surface area contributed by atoms with Crippen LogP contribution in [0.3, 0.4) is 0 Å². The lowest BCUT2D eigenvalue weighted by atomic mass is 10.2. The lowest BCUT2D eigenvalue weighted by Gasteiger charge is -2.13. The number of nitrogens with one attached hydrogen (secondary N) is 2. The molecule has 2 aromatic carbocycles. The van der Waals surface area contributed by atoms with Gasteiger partial charge in [-0.1, -0.05) is 36.4 Å². The van der Waals surface area contributed by atoms with Crippen molar-refractivity contribution in [2.75, 3.05) is 34.4 Å². The summed E-state index contributed by atoms with van der Waals surface area (Å²) in [6.45, 7) is 1.30. The Morgan fingerprint density at radius 2 is 1.48 bits per heavy atom. The zero-order valence-electron chi connectivity index (χ0n) is 17.7. The second-order valence-electron chi connectivity index (χ2n) is 7.00. The first-order chi connectivity index (χ1) is 14.5. The molecule has 3 aromatic rings. The van der Waals surface area contributed by atoms with E-state index >= 15 is 0 Å². The normalized spacial score (nSPS) is 12.0. The molecule has 164 valence electrons. The van der Waals surface area contributed by atoms with E-state index in [4.69, 9.17) is 9.47 Å². The number of ether oxygens (including phenoxy) is 2. The van der Waals surface area contributed by atoms with Gasteiger partial charge in [0.1, 0.15) is 17.3 Å². The van der Waals surface area contributed by atoms with Crippen LogP contribution in [0.25, 0.3) is 12.2 Å². The highest BCUT2D eigenvalue weighted by Gasteiger charge is 2.06. The molecule has 0 atom stereocenters. The van der Waals surface area contributed by atoms with Crippen LogP contribution < -0.4 is 31.3 Å². The number of hydrogen-bond donors (Lipinski definition) is 2. The molecule has 0 spiro atoms. The van der Waals surface area contributed by atoms with Gasteiger partial charge in [-0.15, -0.1) is 12.4 Å². The molecule has 0 radical (unpaired) electrons. The third kappa shape index (κ3) is 6.60. The lowest BCUT2D eigenvalue weighted by Crippen LogP contribution is -2.46. The Morgan fingerprint density at radius 3 is 2.06 bits per heavy atom. The molecule has 0 saturated carbocycles. The minimum absolute atomic E-state index is 0. The molecule has 0 saturated heterocycles. The van der Waals surface area contributed by atoms with Gasteiger partial charge in [-0.3, -0.25) is 9.59 Å². The number of methoxy groups -OCH3 is 1. The number of hydrogen-bond acceptors (Lipinski definition) is 5. The molecule has 0 aliphatic rings. The molecule has 0 fully saturated rings. The van der Waals surface area contributed by atoms with Gasteiger partial charge in [0.25, 0.3) is 11.1 Å². The maximum Gasteiger partial charge on any atom is 0.272 e. The number of halogens is 1. The Labute approximate surface area is 186 Å². The molecule has 1 aromatic heterocycles. The largest absolute Gasteiger partial charge is 0.493 e. The Morgan fingerprint density at radius 1 is 0.871 bits per heavy atom. The number of nitrogens with zero attached hydrogens (tertiary/aromatic N) is 1. The fraction of sp³-hybridized carbons (Fsp3) is 0.217. The maximum atomic E-state index is 12.5. The lowest BCUT2D eigenvalue weighted by molar-refractivity contribution is 0.250. The summed E-state index contributed by atoms with van der Waals surface area (Å²) in [5.74, 6) is 1.17.